The predicted molar refractivity (Wildman–Crippen MR) is 85.0 cm³/mol. The highest BCUT2D eigenvalue weighted by Gasteiger charge is 1.86. The maximum Gasteiger partial charge on any atom is 0.0346 e. The molecular weight excluding hydrogens is 218 g/mol. The fourth-order valence-corrected chi connectivity index (χ4v) is 1.03. The zero-order valence-corrected chi connectivity index (χ0v) is 13.1. The van der Waals surface area contributed by atoms with Crippen molar-refractivity contribution in [2.45, 2.75) is 48.5 Å². The van der Waals surface area contributed by atoms with Crippen LogP contribution in [-0.4, -0.2) is 4.98 Å². The van der Waals surface area contributed by atoms with Crippen LogP contribution >= 0.6 is 0 Å². The van der Waals surface area contributed by atoms with E-state index in [-0.39, 0.29) is 0 Å². The highest BCUT2D eigenvalue weighted by Crippen LogP contribution is 2.09. The van der Waals surface area contributed by atoms with E-state index >= 15 is 0 Å². The van der Waals surface area contributed by atoms with Gasteiger partial charge < -0.3 is 0 Å². The summed E-state index contributed by atoms with van der Waals surface area (Å²) < 4.78 is 0. The van der Waals surface area contributed by atoms with Crippen molar-refractivity contribution in [1.29, 1.82) is 0 Å². The molecule has 0 aliphatic rings. The van der Waals surface area contributed by atoms with Crippen LogP contribution in [-0.2, 0) is 0 Å². The Kier molecular flexibility index (Phi) is 14.4. The highest BCUT2D eigenvalue weighted by atomic mass is 14.6. The van der Waals surface area contributed by atoms with Crippen LogP contribution < -0.4 is 0 Å². The summed E-state index contributed by atoms with van der Waals surface area (Å²) in [5.74, 6) is 0.833. The van der Waals surface area contributed by atoms with E-state index in [1.807, 2.05) is 58.3 Å². The standard InChI is InChI=1S/C9H7N.C4H10.2C2H6/c1-2-4-9-7-10-6-5-8(9)3-1;1-4(2)3;2*1-2/h1-7H;4H,1-3H3;2*1-2H3. The molecule has 102 valence electrons. The molecule has 0 aliphatic carbocycles. The van der Waals surface area contributed by atoms with Gasteiger partial charge in [-0.15, -0.1) is 0 Å². The minimum Gasteiger partial charge on any atom is -0.264 e. The number of rotatable bonds is 0. The number of benzene rings is 1. The molecule has 0 saturated heterocycles. The number of hydrogen-bond acceptors (Lipinski definition) is 1. The van der Waals surface area contributed by atoms with Gasteiger partial charge in [0.05, 0.1) is 0 Å². The molecule has 2 aromatic rings. The molecule has 2 rings (SSSR count). The van der Waals surface area contributed by atoms with Gasteiger partial charge in [-0.1, -0.05) is 72.7 Å². The van der Waals surface area contributed by atoms with E-state index in [1.54, 1.807) is 0 Å². The SMILES string of the molecule is CC.CC.CC(C)C.c1ccc2cnccc2c1. The van der Waals surface area contributed by atoms with Gasteiger partial charge in [-0.25, -0.2) is 0 Å². The third kappa shape index (κ3) is 9.83. The molecule has 0 N–H and O–H groups in total. The molecule has 1 aromatic carbocycles. The van der Waals surface area contributed by atoms with Gasteiger partial charge in [-0.2, -0.15) is 0 Å². The topological polar surface area (TPSA) is 12.9 Å². The lowest BCUT2D eigenvalue weighted by molar-refractivity contribution is 0.737. The van der Waals surface area contributed by atoms with Crippen LogP contribution in [0.5, 0.6) is 0 Å². The van der Waals surface area contributed by atoms with Crippen molar-refractivity contribution in [3.63, 3.8) is 0 Å². The third-order valence-corrected chi connectivity index (χ3v) is 1.55. The van der Waals surface area contributed by atoms with Gasteiger partial charge in [0.2, 0.25) is 0 Å². The normalized spacial score (nSPS) is 8.22. The summed E-state index contributed by atoms with van der Waals surface area (Å²) in [6.45, 7) is 14.5. The van der Waals surface area contributed by atoms with Gasteiger partial charge in [0, 0.05) is 12.4 Å². The molecule has 0 bridgehead atoms. The van der Waals surface area contributed by atoms with E-state index in [4.69, 9.17) is 0 Å². The Hall–Kier alpha value is -1.37. The van der Waals surface area contributed by atoms with Crippen LogP contribution in [0.2, 0.25) is 0 Å². The van der Waals surface area contributed by atoms with E-state index in [0.29, 0.717) is 0 Å². The summed E-state index contributed by atoms with van der Waals surface area (Å²) in [7, 11) is 0. The first-order chi connectivity index (χ1) is 8.70. The van der Waals surface area contributed by atoms with E-state index in [0.717, 1.165) is 5.92 Å². The van der Waals surface area contributed by atoms with Gasteiger partial charge in [0.15, 0.2) is 0 Å². The lowest BCUT2D eigenvalue weighted by Gasteiger charge is -1.91. The second-order valence-corrected chi connectivity index (χ2v) is 3.95. The van der Waals surface area contributed by atoms with Gasteiger partial charge in [0.1, 0.15) is 0 Å². The van der Waals surface area contributed by atoms with Crippen LogP contribution in [0.15, 0.2) is 42.7 Å². The van der Waals surface area contributed by atoms with Crippen LogP contribution in [0.4, 0.5) is 0 Å². The average Bonchev–Trinajstić information content (AvgIpc) is 2.43. The van der Waals surface area contributed by atoms with Gasteiger partial charge in [0.25, 0.3) is 0 Å². The van der Waals surface area contributed by atoms with Gasteiger partial charge >= 0.3 is 0 Å². The van der Waals surface area contributed by atoms with E-state index in [9.17, 15) is 0 Å². The third-order valence-electron chi connectivity index (χ3n) is 1.55. The molecule has 18 heavy (non-hydrogen) atoms. The first-order valence-electron chi connectivity index (χ1n) is 6.99. The van der Waals surface area contributed by atoms with Gasteiger partial charge in [-0.3, -0.25) is 4.98 Å². The van der Waals surface area contributed by atoms with Gasteiger partial charge in [-0.05, 0) is 22.8 Å². The fraction of sp³-hybridized carbons (Fsp3) is 0.471. The number of nitrogens with zero attached hydrogens (tertiary/aromatic N) is 1. The first-order valence-corrected chi connectivity index (χ1v) is 6.99. The molecule has 1 heterocycles. The van der Waals surface area contributed by atoms with Crippen LogP contribution in [0.3, 0.4) is 0 Å². The lowest BCUT2D eigenvalue weighted by Crippen LogP contribution is -1.71. The van der Waals surface area contributed by atoms with Crippen molar-refractivity contribution in [3.8, 4) is 0 Å². The first kappa shape index (κ1) is 19.0. The minimum absolute atomic E-state index is 0.833. The maximum absolute atomic E-state index is 4.01. The second kappa shape index (κ2) is 13.7. The molecule has 0 unspecified atom stereocenters. The van der Waals surface area contributed by atoms with E-state index in [1.165, 1.54) is 10.8 Å². The lowest BCUT2D eigenvalue weighted by atomic mass is 10.2. The molecular formula is C17H29N. The molecule has 1 nitrogen and oxygen atoms in total. The Morgan fingerprint density at radius 3 is 1.67 bits per heavy atom. The molecule has 0 aliphatic heterocycles. The highest BCUT2D eigenvalue weighted by molar-refractivity contribution is 5.80. The summed E-state index contributed by atoms with van der Waals surface area (Å²) in [6, 6.07) is 10.2. The monoisotopic (exact) mass is 247 g/mol. The molecule has 0 fully saturated rings. The summed E-state index contributed by atoms with van der Waals surface area (Å²) in [4.78, 5) is 4.01. The zero-order valence-electron chi connectivity index (χ0n) is 13.1. The van der Waals surface area contributed by atoms with Crippen molar-refractivity contribution in [3.05, 3.63) is 42.7 Å². The number of aromatic nitrogens is 1. The summed E-state index contributed by atoms with van der Waals surface area (Å²) in [6.07, 6.45) is 3.68. The molecule has 0 spiro atoms. The van der Waals surface area contributed by atoms with Crippen LogP contribution in [0, 0.1) is 5.92 Å². The van der Waals surface area contributed by atoms with Crippen molar-refractivity contribution in [2.24, 2.45) is 5.92 Å². The van der Waals surface area contributed by atoms with E-state index in [2.05, 4.69) is 37.9 Å². The summed E-state index contributed by atoms with van der Waals surface area (Å²) in [5.41, 5.74) is 0. The Morgan fingerprint density at radius 2 is 1.22 bits per heavy atom. The minimum atomic E-state index is 0.833. The van der Waals surface area contributed by atoms with Crippen molar-refractivity contribution < 1.29 is 0 Å². The maximum atomic E-state index is 4.01. The number of fused-ring (bicyclic) bond motifs is 1. The Balaban J connectivity index is 0. The van der Waals surface area contributed by atoms with Crippen molar-refractivity contribution >= 4 is 10.8 Å². The molecule has 0 radical (unpaired) electrons. The van der Waals surface area contributed by atoms with Crippen LogP contribution in [0.1, 0.15) is 48.5 Å². The quantitative estimate of drug-likeness (QED) is 0.560. The Labute approximate surface area is 113 Å². The largest absolute Gasteiger partial charge is 0.264 e. The molecule has 0 atom stereocenters. The Bertz CT molecular complexity index is 312. The molecule has 0 amide bonds. The van der Waals surface area contributed by atoms with Crippen molar-refractivity contribution in [2.75, 3.05) is 0 Å². The number of pyridine rings is 1. The zero-order chi connectivity index (χ0) is 14.4. The average molecular weight is 247 g/mol. The second-order valence-electron chi connectivity index (χ2n) is 3.95. The van der Waals surface area contributed by atoms with Crippen molar-refractivity contribution in [1.82, 2.24) is 4.98 Å². The summed E-state index contributed by atoms with van der Waals surface area (Å²) in [5, 5.41) is 2.45. The fourth-order valence-electron chi connectivity index (χ4n) is 1.03. The molecule has 1 heteroatoms. The Morgan fingerprint density at radius 1 is 0.778 bits per heavy atom. The molecule has 1 aromatic heterocycles. The smallest absolute Gasteiger partial charge is 0.0346 e. The molecule has 0 saturated carbocycles. The van der Waals surface area contributed by atoms with Crippen LogP contribution in [0.25, 0.3) is 10.8 Å². The number of hydrogen-bond donors (Lipinski definition) is 0. The van der Waals surface area contributed by atoms with E-state index < -0.39 is 0 Å². The predicted octanol–water partition coefficient (Wildman–Crippen LogP) is 5.95. The summed E-state index contributed by atoms with van der Waals surface area (Å²) >= 11 is 0.